The van der Waals surface area contributed by atoms with Gasteiger partial charge in [-0.15, -0.1) is 11.3 Å². The van der Waals surface area contributed by atoms with Gasteiger partial charge in [0.2, 0.25) is 0 Å². The molecule has 0 saturated heterocycles. The predicted molar refractivity (Wildman–Crippen MR) is 117 cm³/mol. The third kappa shape index (κ3) is 3.24. The molecule has 0 saturated carbocycles. The first-order valence-corrected chi connectivity index (χ1v) is 10.8. The number of pyridine rings is 1. The van der Waals surface area contributed by atoms with Gasteiger partial charge in [-0.1, -0.05) is 29.3 Å². The first kappa shape index (κ1) is 19.0. The van der Waals surface area contributed by atoms with E-state index in [1.165, 1.54) is 15.9 Å². The average Bonchev–Trinajstić information content (AvgIpc) is 3.02. The molecule has 29 heavy (non-hydrogen) atoms. The summed E-state index contributed by atoms with van der Waals surface area (Å²) in [6.07, 6.45) is 2.30. The Balaban J connectivity index is 1.64. The summed E-state index contributed by atoms with van der Waals surface area (Å²) in [4.78, 5) is 23.4. The van der Waals surface area contributed by atoms with Crippen molar-refractivity contribution in [2.45, 2.75) is 39.0 Å². The van der Waals surface area contributed by atoms with Crippen molar-refractivity contribution in [2.24, 2.45) is 0 Å². The molecule has 0 radical (unpaired) electrons. The molecule has 8 heteroatoms. The van der Waals surface area contributed by atoms with Crippen LogP contribution >= 0.6 is 34.5 Å². The summed E-state index contributed by atoms with van der Waals surface area (Å²) in [5.41, 5.74) is 3.12. The highest BCUT2D eigenvalue weighted by molar-refractivity contribution is 7.25. The normalized spacial score (nSPS) is 15.7. The lowest BCUT2D eigenvalue weighted by atomic mass is 9.95. The Morgan fingerprint density at radius 3 is 2.79 bits per heavy atom. The highest BCUT2D eigenvalue weighted by atomic mass is 35.5. The van der Waals surface area contributed by atoms with Crippen molar-refractivity contribution in [1.29, 1.82) is 0 Å². The summed E-state index contributed by atoms with van der Waals surface area (Å²) >= 11 is 13.9. The van der Waals surface area contributed by atoms with Crippen molar-refractivity contribution in [3.8, 4) is 0 Å². The molecule has 0 fully saturated rings. The van der Waals surface area contributed by atoms with Crippen LogP contribution in [-0.2, 0) is 24.3 Å². The Morgan fingerprint density at radius 1 is 1.28 bits per heavy atom. The minimum absolute atomic E-state index is 0.122. The van der Waals surface area contributed by atoms with Crippen LogP contribution in [0.25, 0.3) is 20.4 Å². The molecule has 4 heterocycles. The van der Waals surface area contributed by atoms with E-state index >= 15 is 0 Å². The molecular formula is C21H17Cl2N3O2S. The molecule has 0 spiro atoms. The molecule has 5 rings (SSSR count). The summed E-state index contributed by atoms with van der Waals surface area (Å²) in [5.74, 6) is 0. The van der Waals surface area contributed by atoms with E-state index in [1.807, 2.05) is 0 Å². The number of rotatable bonds is 2. The zero-order valence-corrected chi connectivity index (χ0v) is 18.2. The van der Waals surface area contributed by atoms with Gasteiger partial charge in [-0.25, -0.2) is 9.97 Å². The second-order valence-electron chi connectivity index (χ2n) is 7.83. The fourth-order valence-corrected chi connectivity index (χ4v) is 5.24. The Hall–Kier alpha value is -1.99. The minimum atomic E-state index is -0.233. The maximum atomic E-state index is 13.1. The van der Waals surface area contributed by atoms with Crippen LogP contribution in [0.15, 0.2) is 35.4 Å². The molecule has 1 aliphatic heterocycles. The summed E-state index contributed by atoms with van der Waals surface area (Å²) < 4.78 is 8.04. The number of fused-ring (bicyclic) bond motifs is 4. The zero-order chi connectivity index (χ0) is 20.3. The van der Waals surface area contributed by atoms with Crippen molar-refractivity contribution in [1.82, 2.24) is 14.5 Å². The van der Waals surface area contributed by atoms with Gasteiger partial charge in [0.15, 0.2) is 0 Å². The van der Waals surface area contributed by atoms with E-state index in [2.05, 4.69) is 24.9 Å². The van der Waals surface area contributed by atoms with E-state index in [0.717, 1.165) is 27.9 Å². The van der Waals surface area contributed by atoms with Crippen molar-refractivity contribution < 1.29 is 4.74 Å². The van der Waals surface area contributed by atoms with Gasteiger partial charge in [0.05, 0.1) is 36.3 Å². The topological polar surface area (TPSA) is 57.0 Å². The number of thiophene rings is 1. The van der Waals surface area contributed by atoms with Crippen LogP contribution in [0.2, 0.25) is 10.0 Å². The maximum absolute atomic E-state index is 13.1. The maximum Gasteiger partial charge on any atom is 0.271 e. The van der Waals surface area contributed by atoms with Gasteiger partial charge >= 0.3 is 0 Å². The Morgan fingerprint density at radius 2 is 2.03 bits per heavy atom. The highest BCUT2D eigenvalue weighted by Gasteiger charge is 2.28. The van der Waals surface area contributed by atoms with Gasteiger partial charge in [0.1, 0.15) is 9.53 Å². The van der Waals surface area contributed by atoms with Crippen molar-refractivity contribution in [3.63, 3.8) is 0 Å². The van der Waals surface area contributed by atoms with E-state index in [0.29, 0.717) is 32.4 Å². The quantitative estimate of drug-likeness (QED) is 0.424. The number of hydrogen-bond donors (Lipinski definition) is 0. The monoisotopic (exact) mass is 445 g/mol. The third-order valence-corrected chi connectivity index (χ3v) is 6.99. The Labute approximate surface area is 180 Å². The van der Waals surface area contributed by atoms with Crippen LogP contribution in [0.5, 0.6) is 0 Å². The molecule has 0 amide bonds. The summed E-state index contributed by atoms with van der Waals surface area (Å²) in [7, 11) is 0. The summed E-state index contributed by atoms with van der Waals surface area (Å²) in [5, 5.41) is 1.95. The van der Waals surface area contributed by atoms with Crippen LogP contribution < -0.4 is 5.56 Å². The molecule has 0 N–H and O–H groups in total. The first-order valence-electron chi connectivity index (χ1n) is 9.20. The van der Waals surface area contributed by atoms with E-state index in [9.17, 15) is 4.79 Å². The number of nitrogens with zero attached hydrogens (tertiary/aromatic N) is 3. The molecule has 1 aliphatic rings. The fraction of sp³-hybridized carbons (Fsp3) is 0.286. The molecule has 0 bridgehead atoms. The van der Waals surface area contributed by atoms with Gasteiger partial charge in [-0.3, -0.25) is 9.36 Å². The summed E-state index contributed by atoms with van der Waals surface area (Å²) in [6.45, 7) is 4.91. The van der Waals surface area contributed by atoms with E-state index in [-0.39, 0.29) is 17.7 Å². The molecule has 0 unspecified atom stereocenters. The second kappa shape index (κ2) is 6.77. The minimum Gasteiger partial charge on any atom is -0.370 e. The lowest BCUT2D eigenvalue weighted by molar-refractivity contribution is -0.0411. The lowest BCUT2D eigenvalue weighted by Gasteiger charge is -2.30. The largest absolute Gasteiger partial charge is 0.370 e. The highest BCUT2D eigenvalue weighted by Crippen LogP contribution is 2.34. The molecule has 3 aromatic heterocycles. The van der Waals surface area contributed by atoms with Gasteiger partial charge in [0, 0.05) is 33.0 Å². The Kier molecular flexibility index (Phi) is 4.44. The van der Waals surface area contributed by atoms with Crippen molar-refractivity contribution in [3.05, 3.63) is 67.8 Å². The van der Waals surface area contributed by atoms with Crippen LogP contribution in [0, 0.1) is 0 Å². The lowest BCUT2D eigenvalue weighted by Crippen LogP contribution is -2.32. The standard InChI is InChI=1S/C21H17Cl2N3O2S/c1-21(2)7-16-11(9-28-21)6-12-17-18(29-19(12)25-16)20(27)26(10-24-17)8-13-14(22)4-3-5-15(13)23/h3-6,10H,7-9H2,1-2H3. The third-order valence-electron chi connectivity index (χ3n) is 5.21. The molecule has 4 aromatic rings. The molecule has 1 aromatic carbocycles. The molecule has 0 atom stereocenters. The smallest absolute Gasteiger partial charge is 0.271 e. The SMILES string of the molecule is CC1(C)Cc2nc3sc4c(=O)n(Cc5c(Cl)cccc5Cl)cnc4c3cc2CO1. The van der Waals surface area contributed by atoms with Crippen LogP contribution in [0.3, 0.4) is 0 Å². The van der Waals surface area contributed by atoms with Gasteiger partial charge in [-0.2, -0.15) is 0 Å². The Bertz CT molecular complexity index is 1320. The number of benzene rings is 1. The molecular weight excluding hydrogens is 429 g/mol. The molecule has 0 aliphatic carbocycles. The van der Waals surface area contributed by atoms with E-state index < -0.39 is 0 Å². The number of ether oxygens (including phenoxy) is 1. The van der Waals surface area contributed by atoms with Gasteiger partial charge in [-0.05, 0) is 32.0 Å². The summed E-state index contributed by atoms with van der Waals surface area (Å²) in [6, 6.07) is 7.37. The predicted octanol–water partition coefficient (Wildman–Crippen LogP) is 5.21. The van der Waals surface area contributed by atoms with Crippen LogP contribution in [-0.4, -0.2) is 20.1 Å². The molecule has 148 valence electrons. The van der Waals surface area contributed by atoms with E-state index in [4.69, 9.17) is 32.9 Å². The second-order valence-corrected chi connectivity index (χ2v) is 9.64. The fourth-order valence-electron chi connectivity index (χ4n) is 3.64. The van der Waals surface area contributed by atoms with E-state index in [1.54, 1.807) is 24.5 Å². The van der Waals surface area contributed by atoms with Crippen LogP contribution in [0.4, 0.5) is 0 Å². The number of halogens is 2. The number of aromatic nitrogens is 3. The molecule has 5 nitrogen and oxygen atoms in total. The zero-order valence-electron chi connectivity index (χ0n) is 15.8. The van der Waals surface area contributed by atoms with Crippen LogP contribution in [0.1, 0.15) is 30.7 Å². The average molecular weight is 446 g/mol. The van der Waals surface area contributed by atoms with Gasteiger partial charge in [0.25, 0.3) is 5.56 Å². The van der Waals surface area contributed by atoms with Crippen molar-refractivity contribution >= 4 is 55.0 Å². The van der Waals surface area contributed by atoms with Crippen molar-refractivity contribution in [2.75, 3.05) is 0 Å². The number of hydrogen-bond acceptors (Lipinski definition) is 5. The first-order chi connectivity index (χ1) is 13.8. The van der Waals surface area contributed by atoms with Gasteiger partial charge < -0.3 is 4.74 Å².